The van der Waals surface area contributed by atoms with E-state index in [-0.39, 0.29) is 29.7 Å². The van der Waals surface area contributed by atoms with E-state index in [4.69, 9.17) is 4.42 Å². The maximum absolute atomic E-state index is 11.7. The quantitative estimate of drug-likeness (QED) is 0.224. The highest BCUT2D eigenvalue weighted by atomic mass is 127. The molecule has 7 nitrogen and oxygen atoms in total. The van der Waals surface area contributed by atoms with E-state index in [1.807, 2.05) is 49.4 Å². The summed E-state index contributed by atoms with van der Waals surface area (Å²) in [7, 11) is -1.85. The van der Waals surface area contributed by atoms with Gasteiger partial charge in [-0.3, -0.25) is 0 Å². The van der Waals surface area contributed by atoms with Crippen LogP contribution in [0.5, 0.6) is 0 Å². The van der Waals surface area contributed by atoms with Crippen molar-refractivity contribution < 1.29 is 12.8 Å². The van der Waals surface area contributed by atoms with E-state index in [0.29, 0.717) is 19.0 Å². The Morgan fingerprint density at radius 3 is 2.35 bits per heavy atom. The Bertz CT molecular complexity index is 1130. The number of nitrogens with one attached hydrogen (secondary N) is 3. The Balaban J connectivity index is 0.00000341. The third-order valence-electron chi connectivity index (χ3n) is 4.81. The van der Waals surface area contributed by atoms with E-state index in [0.717, 1.165) is 40.0 Å². The molecular formula is C22H29IN4O3S. The van der Waals surface area contributed by atoms with Crippen molar-refractivity contribution in [1.82, 2.24) is 15.4 Å². The molecule has 2 aromatic carbocycles. The molecule has 0 saturated heterocycles. The summed E-state index contributed by atoms with van der Waals surface area (Å²) in [4.78, 5) is 4.62. The number of furan rings is 1. The van der Waals surface area contributed by atoms with E-state index in [9.17, 15) is 8.42 Å². The van der Waals surface area contributed by atoms with Crippen molar-refractivity contribution in [3.63, 3.8) is 0 Å². The molecular weight excluding hydrogens is 527 g/mol. The van der Waals surface area contributed by atoms with Crippen LogP contribution in [0.25, 0.3) is 11.0 Å². The number of guanidine groups is 1. The van der Waals surface area contributed by atoms with Crippen LogP contribution < -0.4 is 15.4 Å². The molecule has 0 aliphatic rings. The number of hydrogen-bond acceptors (Lipinski definition) is 4. The number of aryl methyl sites for hydroxylation is 1. The van der Waals surface area contributed by atoms with Crippen LogP contribution >= 0.6 is 24.0 Å². The van der Waals surface area contributed by atoms with Crippen LogP contribution in [0.3, 0.4) is 0 Å². The van der Waals surface area contributed by atoms with Crippen molar-refractivity contribution in [2.24, 2.45) is 4.99 Å². The zero-order valence-electron chi connectivity index (χ0n) is 17.9. The van der Waals surface area contributed by atoms with Crippen LogP contribution in [0, 0.1) is 6.92 Å². The van der Waals surface area contributed by atoms with Crippen molar-refractivity contribution in [1.29, 1.82) is 0 Å². The first kappa shape index (κ1) is 25.2. The van der Waals surface area contributed by atoms with Gasteiger partial charge in [-0.1, -0.05) is 42.5 Å². The summed E-state index contributed by atoms with van der Waals surface area (Å²) in [5, 5.41) is 7.67. The van der Waals surface area contributed by atoms with E-state index in [1.54, 1.807) is 0 Å². The van der Waals surface area contributed by atoms with Gasteiger partial charge < -0.3 is 15.1 Å². The number of para-hydroxylation sites is 1. The maximum Gasteiger partial charge on any atom is 0.215 e. The number of sulfonamides is 1. The van der Waals surface area contributed by atoms with Crippen LogP contribution in [0.15, 0.2) is 57.9 Å². The number of nitrogens with zero attached hydrogens (tertiary/aromatic N) is 1. The number of rotatable bonds is 8. The van der Waals surface area contributed by atoms with Crippen LogP contribution in [0.1, 0.15) is 29.4 Å². The Kier molecular flexibility index (Phi) is 9.32. The van der Waals surface area contributed by atoms with Gasteiger partial charge in [0, 0.05) is 17.5 Å². The molecule has 3 N–H and O–H groups in total. The summed E-state index contributed by atoms with van der Waals surface area (Å²) in [6.07, 6.45) is 0. The highest BCUT2D eigenvalue weighted by molar-refractivity contribution is 14.0. The zero-order valence-corrected chi connectivity index (χ0v) is 21.1. The second-order valence-corrected chi connectivity index (χ2v) is 8.90. The monoisotopic (exact) mass is 556 g/mol. The lowest BCUT2D eigenvalue weighted by Gasteiger charge is -2.11. The standard InChI is InChI=1S/C22H28N4O3S.HI/c1-4-24-22(26-14-21-16(2)19-7-5-6-8-20(19)29-21)25-13-17-9-11-18(12-10-17)15-30(27,28)23-3;/h5-12,23H,4,13-15H2,1-3H3,(H2,24,25,26);1H. The molecule has 3 rings (SSSR count). The summed E-state index contributed by atoms with van der Waals surface area (Å²) in [6.45, 7) is 5.83. The molecule has 1 aromatic heterocycles. The Labute approximate surface area is 200 Å². The highest BCUT2D eigenvalue weighted by Crippen LogP contribution is 2.24. The molecule has 31 heavy (non-hydrogen) atoms. The molecule has 0 radical (unpaired) electrons. The van der Waals surface area contributed by atoms with Gasteiger partial charge in [-0.05, 0) is 38.1 Å². The molecule has 0 bridgehead atoms. The minimum atomic E-state index is -3.27. The Morgan fingerprint density at radius 2 is 1.71 bits per heavy atom. The van der Waals surface area contributed by atoms with Gasteiger partial charge in [-0.15, -0.1) is 24.0 Å². The van der Waals surface area contributed by atoms with Gasteiger partial charge in [0.1, 0.15) is 11.3 Å². The molecule has 0 atom stereocenters. The fraction of sp³-hybridized carbons (Fsp3) is 0.318. The van der Waals surface area contributed by atoms with E-state index < -0.39 is 10.0 Å². The number of hydrogen-bond donors (Lipinski definition) is 3. The van der Waals surface area contributed by atoms with Gasteiger partial charge in [0.2, 0.25) is 10.0 Å². The van der Waals surface area contributed by atoms with Gasteiger partial charge in [0.25, 0.3) is 0 Å². The summed E-state index contributed by atoms with van der Waals surface area (Å²) in [6, 6.07) is 15.4. The molecule has 0 unspecified atom stereocenters. The smallest absolute Gasteiger partial charge is 0.215 e. The predicted molar refractivity (Wildman–Crippen MR) is 136 cm³/mol. The molecule has 0 amide bonds. The fourth-order valence-corrected chi connectivity index (χ4v) is 3.88. The Morgan fingerprint density at radius 1 is 1.03 bits per heavy atom. The van der Waals surface area contributed by atoms with Crippen molar-refractivity contribution >= 4 is 50.9 Å². The van der Waals surface area contributed by atoms with Crippen molar-refractivity contribution in [3.05, 3.63) is 71.0 Å². The van der Waals surface area contributed by atoms with Gasteiger partial charge in [-0.25, -0.2) is 18.1 Å². The third-order valence-corrected chi connectivity index (χ3v) is 6.15. The summed E-state index contributed by atoms with van der Waals surface area (Å²) < 4.78 is 31.6. The molecule has 168 valence electrons. The van der Waals surface area contributed by atoms with Crippen molar-refractivity contribution in [3.8, 4) is 0 Å². The molecule has 0 saturated carbocycles. The minimum absolute atomic E-state index is 0. The first-order chi connectivity index (χ1) is 14.4. The molecule has 0 spiro atoms. The average Bonchev–Trinajstić information content (AvgIpc) is 3.07. The number of halogens is 1. The van der Waals surface area contributed by atoms with E-state index in [2.05, 4.69) is 33.3 Å². The van der Waals surface area contributed by atoms with Crippen LogP contribution in [-0.2, 0) is 28.9 Å². The molecule has 0 aliphatic carbocycles. The van der Waals surface area contributed by atoms with Gasteiger partial charge in [0.15, 0.2) is 5.96 Å². The van der Waals surface area contributed by atoms with Gasteiger partial charge in [-0.2, -0.15) is 0 Å². The molecule has 1 heterocycles. The summed E-state index contributed by atoms with van der Waals surface area (Å²) >= 11 is 0. The second kappa shape index (κ2) is 11.5. The van der Waals surface area contributed by atoms with Crippen molar-refractivity contribution in [2.75, 3.05) is 13.6 Å². The SMILES string of the molecule is CCNC(=NCc1ccc(CS(=O)(=O)NC)cc1)NCc1oc2ccccc2c1C.I. The largest absolute Gasteiger partial charge is 0.459 e. The lowest BCUT2D eigenvalue weighted by Crippen LogP contribution is -2.36. The highest BCUT2D eigenvalue weighted by Gasteiger charge is 2.11. The lowest BCUT2D eigenvalue weighted by molar-refractivity contribution is 0.534. The number of aliphatic imine (C=N–C) groups is 1. The average molecular weight is 556 g/mol. The van der Waals surface area contributed by atoms with E-state index in [1.165, 1.54) is 7.05 Å². The zero-order chi connectivity index (χ0) is 21.6. The minimum Gasteiger partial charge on any atom is -0.459 e. The third kappa shape index (κ3) is 6.94. The summed E-state index contributed by atoms with van der Waals surface area (Å²) in [5.41, 5.74) is 3.75. The second-order valence-electron chi connectivity index (χ2n) is 6.97. The molecule has 0 fully saturated rings. The number of fused-ring (bicyclic) bond motifs is 1. The molecule has 9 heteroatoms. The Hall–Kier alpha value is -2.11. The molecule has 0 aliphatic heterocycles. The first-order valence-electron chi connectivity index (χ1n) is 9.90. The summed E-state index contributed by atoms with van der Waals surface area (Å²) in [5.74, 6) is 1.55. The van der Waals surface area contributed by atoms with Crippen molar-refractivity contribution in [2.45, 2.75) is 32.7 Å². The molecule has 3 aromatic rings. The van der Waals surface area contributed by atoms with E-state index >= 15 is 0 Å². The fourth-order valence-electron chi connectivity index (χ4n) is 3.10. The number of benzene rings is 2. The van der Waals surface area contributed by atoms with Crippen LogP contribution in [0.4, 0.5) is 0 Å². The lowest BCUT2D eigenvalue weighted by atomic mass is 10.1. The maximum atomic E-state index is 11.7. The van der Waals surface area contributed by atoms with Gasteiger partial charge >= 0.3 is 0 Å². The normalized spacial score (nSPS) is 11.9. The van der Waals surface area contributed by atoms with Crippen LogP contribution in [-0.4, -0.2) is 28.0 Å². The topological polar surface area (TPSA) is 95.7 Å². The van der Waals surface area contributed by atoms with Gasteiger partial charge in [0.05, 0.1) is 18.8 Å². The predicted octanol–water partition coefficient (Wildman–Crippen LogP) is 3.66. The van der Waals surface area contributed by atoms with Crippen LogP contribution in [0.2, 0.25) is 0 Å². The first-order valence-corrected chi connectivity index (χ1v) is 11.6.